The predicted octanol–water partition coefficient (Wildman–Crippen LogP) is 3.80. The minimum atomic E-state index is -0.167. The van der Waals surface area contributed by atoms with Gasteiger partial charge in [0.25, 0.3) is 5.91 Å². The zero-order valence-electron chi connectivity index (χ0n) is 16.7. The SMILES string of the molecule is O=C(NCc1cn(Cc2ccccc2)nc1-c1ccccc1)c1ccc2n[nH]nc2c1. The topological polar surface area (TPSA) is 88.5 Å². The first-order valence-electron chi connectivity index (χ1n) is 10.0. The molecule has 0 aliphatic heterocycles. The molecule has 0 aliphatic rings. The van der Waals surface area contributed by atoms with Gasteiger partial charge in [-0.2, -0.15) is 20.5 Å². The molecule has 0 radical (unpaired) electrons. The van der Waals surface area contributed by atoms with Crippen LogP contribution >= 0.6 is 0 Å². The van der Waals surface area contributed by atoms with E-state index in [9.17, 15) is 4.79 Å². The smallest absolute Gasteiger partial charge is 0.251 e. The van der Waals surface area contributed by atoms with Crippen LogP contribution in [0, 0.1) is 0 Å². The summed E-state index contributed by atoms with van der Waals surface area (Å²) in [6, 6.07) is 25.4. The highest BCUT2D eigenvalue weighted by Crippen LogP contribution is 2.22. The van der Waals surface area contributed by atoms with Crippen LogP contribution in [0.3, 0.4) is 0 Å². The molecule has 1 amide bonds. The minimum Gasteiger partial charge on any atom is -0.348 e. The van der Waals surface area contributed by atoms with Gasteiger partial charge in [0.1, 0.15) is 11.0 Å². The van der Waals surface area contributed by atoms with Crippen LogP contribution in [-0.2, 0) is 13.1 Å². The average Bonchev–Trinajstić information content (AvgIpc) is 3.45. The van der Waals surface area contributed by atoms with E-state index >= 15 is 0 Å². The van der Waals surface area contributed by atoms with E-state index in [-0.39, 0.29) is 5.91 Å². The molecular weight excluding hydrogens is 388 g/mol. The molecule has 0 saturated heterocycles. The minimum absolute atomic E-state index is 0.167. The van der Waals surface area contributed by atoms with Gasteiger partial charge in [0.05, 0.1) is 12.2 Å². The number of H-pyrrole nitrogens is 1. The molecule has 0 aliphatic carbocycles. The molecule has 2 N–H and O–H groups in total. The van der Waals surface area contributed by atoms with Crippen LogP contribution < -0.4 is 5.32 Å². The standard InChI is InChI=1S/C24H20N6O/c31-24(19-11-12-21-22(13-19)27-29-26-21)25-14-20-16-30(15-17-7-3-1-4-8-17)28-23(20)18-9-5-2-6-10-18/h1-13,16H,14-15H2,(H,25,31)(H,26,27,29). The van der Waals surface area contributed by atoms with Gasteiger partial charge in [-0.05, 0) is 23.8 Å². The lowest BCUT2D eigenvalue weighted by molar-refractivity contribution is 0.0951. The zero-order valence-corrected chi connectivity index (χ0v) is 16.7. The second kappa shape index (κ2) is 8.23. The van der Waals surface area contributed by atoms with Gasteiger partial charge in [0, 0.05) is 29.4 Å². The maximum absolute atomic E-state index is 12.7. The fourth-order valence-electron chi connectivity index (χ4n) is 3.54. The number of nitrogens with one attached hydrogen (secondary N) is 2. The summed E-state index contributed by atoms with van der Waals surface area (Å²) in [5.74, 6) is -0.167. The summed E-state index contributed by atoms with van der Waals surface area (Å²) in [4.78, 5) is 12.7. The number of hydrogen-bond acceptors (Lipinski definition) is 4. The molecule has 0 spiro atoms. The van der Waals surface area contributed by atoms with Gasteiger partial charge < -0.3 is 5.32 Å². The Bertz CT molecular complexity index is 1320. The van der Waals surface area contributed by atoms with E-state index in [0.29, 0.717) is 24.2 Å². The highest BCUT2D eigenvalue weighted by Gasteiger charge is 2.14. The van der Waals surface area contributed by atoms with Gasteiger partial charge >= 0.3 is 0 Å². The summed E-state index contributed by atoms with van der Waals surface area (Å²) in [6.45, 7) is 1.03. The van der Waals surface area contributed by atoms with Crippen molar-refractivity contribution in [1.82, 2.24) is 30.5 Å². The third-order valence-corrected chi connectivity index (χ3v) is 5.09. The zero-order chi connectivity index (χ0) is 21.0. The molecule has 0 fully saturated rings. The summed E-state index contributed by atoms with van der Waals surface area (Å²) >= 11 is 0. The average molecular weight is 408 g/mol. The van der Waals surface area contributed by atoms with Crippen molar-refractivity contribution in [3.63, 3.8) is 0 Å². The second-order valence-corrected chi connectivity index (χ2v) is 7.26. The van der Waals surface area contributed by atoms with Crippen molar-refractivity contribution < 1.29 is 4.79 Å². The number of carbonyl (C=O) groups excluding carboxylic acids is 1. The number of fused-ring (bicyclic) bond motifs is 1. The molecule has 5 aromatic rings. The number of aromatic nitrogens is 5. The van der Waals surface area contributed by atoms with Crippen LogP contribution in [0.15, 0.2) is 85.1 Å². The highest BCUT2D eigenvalue weighted by atomic mass is 16.1. The normalized spacial score (nSPS) is 11.0. The fraction of sp³-hybridized carbons (Fsp3) is 0.0833. The van der Waals surface area contributed by atoms with Gasteiger partial charge in [0.2, 0.25) is 0 Å². The van der Waals surface area contributed by atoms with E-state index in [0.717, 1.165) is 22.3 Å². The van der Waals surface area contributed by atoms with E-state index in [1.807, 2.05) is 59.4 Å². The number of amides is 1. The van der Waals surface area contributed by atoms with Crippen LogP contribution in [0.1, 0.15) is 21.5 Å². The summed E-state index contributed by atoms with van der Waals surface area (Å²) in [6.07, 6.45) is 2.00. The molecule has 7 nitrogen and oxygen atoms in total. The van der Waals surface area contributed by atoms with E-state index in [1.165, 1.54) is 5.56 Å². The lowest BCUT2D eigenvalue weighted by Crippen LogP contribution is -2.22. The summed E-state index contributed by atoms with van der Waals surface area (Å²) in [7, 11) is 0. The van der Waals surface area contributed by atoms with Crippen molar-refractivity contribution in [1.29, 1.82) is 0 Å². The highest BCUT2D eigenvalue weighted by molar-refractivity contribution is 5.97. The maximum atomic E-state index is 12.7. The Hall–Kier alpha value is -4.26. The molecule has 31 heavy (non-hydrogen) atoms. The molecule has 2 aromatic heterocycles. The van der Waals surface area contributed by atoms with Crippen LogP contribution in [0.4, 0.5) is 0 Å². The van der Waals surface area contributed by atoms with E-state index in [1.54, 1.807) is 18.2 Å². The van der Waals surface area contributed by atoms with E-state index in [2.05, 4.69) is 32.9 Å². The number of rotatable bonds is 6. The van der Waals surface area contributed by atoms with E-state index in [4.69, 9.17) is 5.10 Å². The van der Waals surface area contributed by atoms with Crippen LogP contribution in [-0.4, -0.2) is 31.1 Å². The van der Waals surface area contributed by atoms with Gasteiger partial charge in [-0.1, -0.05) is 60.7 Å². The molecule has 0 atom stereocenters. The Kier molecular flexibility index (Phi) is 4.98. The van der Waals surface area contributed by atoms with Crippen molar-refractivity contribution in [3.05, 3.63) is 102 Å². The number of benzene rings is 3. The summed E-state index contributed by atoms with van der Waals surface area (Å²) < 4.78 is 1.92. The monoisotopic (exact) mass is 408 g/mol. The first kappa shape index (κ1) is 18.7. The maximum Gasteiger partial charge on any atom is 0.251 e. The molecule has 0 unspecified atom stereocenters. The van der Waals surface area contributed by atoms with Gasteiger partial charge in [-0.25, -0.2) is 0 Å². The molecule has 2 heterocycles. The largest absolute Gasteiger partial charge is 0.348 e. The van der Waals surface area contributed by atoms with E-state index < -0.39 is 0 Å². The second-order valence-electron chi connectivity index (χ2n) is 7.26. The summed E-state index contributed by atoms with van der Waals surface area (Å²) in [5, 5.41) is 18.4. The predicted molar refractivity (Wildman–Crippen MR) is 118 cm³/mol. The quantitative estimate of drug-likeness (QED) is 0.447. The Morgan fingerprint density at radius 3 is 2.45 bits per heavy atom. The molecule has 7 heteroatoms. The Balaban J connectivity index is 1.39. The van der Waals surface area contributed by atoms with Gasteiger partial charge in [-0.15, -0.1) is 0 Å². The van der Waals surface area contributed by atoms with Crippen molar-refractivity contribution >= 4 is 16.9 Å². The van der Waals surface area contributed by atoms with Crippen molar-refractivity contribution in [2.45, 2.75) is 13.1 Å². The Morgan fingerprint density at radius 2 is 1.65 bits per heavy atom. The molecule has 152 valence electrons. The van der Waals surface area contributed by atoms with Crippen molar-refractivity contribution in [3.8, 4) is 11.3 Å². The van der Waals surface area contributed by atoms with Gasteiger partial charge in [-0.3, -0.25) is 9.48 Å². The number of aromatic amines is 1. The van der Waals surface area contributed by atoms with Gasteiger partial charge in [0.15, 0.2) is 0 Å². The fourth-order valence-corrected chi connectivity index (χ4v) is 3.54. The van der Waals surface area contributed by atoms with Crippen LogP contribution in [0.2, 0.25) is 0 Å². The molecule has 3 aromatic carbocycles. The third kappa shape index (κ3) is 4.06. The number of hydrogen-bond donors (Lipinski definition) is 2. The first-order chi connectivity index (χ1) is 15.3. The molecular formula is C24H20N6O. The summed E-state index contributed by atoms with van der Waals surface area (Å²) in [5.41, 5.74) is 5.93. The lowest BCUT2D eigenvalue weighted by Gasteiger charge is -2.06. The number of carbonyl (C=O) groups is 1. The number of nitrogens with zero attached hydrogens (tertiary/aromatic N) is 4. The van der Waals surface area contributed by atoms with Crippen LogP contribution in [0.5, 0.6) is 0 Å². The Morgan fingerprint density at radius 1 is 0.903 bits per heavy atom. The van der Waals surface area contributed by atoms with Crippen molar-refractivity contribution in [2.75, 3.05) is 0 Å². The van der Waals surface area contributed by atoms with Crippen molar-refractivity contribution in [2.24, 2.45) is 0 Å². The third-order valence-electron chi connectivity index (χ3n) is 5.09. The first-order valence-corrected chi connectivity index (χ1v) is 10.0. The molecule has 5 rings (SSSR count). The lowest BCUT2D eigenvalue weighted by atomic mass is 10.1. The Labute approximate surface area is 178 Å². The molecule has 0 saturated carbocycles. The van der Waals surface area contributed by atoms with Crippen LogP contribution in [0.25, 0.3) is 22.3 Å². The molecule has 0 bridgehead atoms.